The van der Waals surface area contributed by atoms with Crippen LogP contribution < -0.4 is 10.3 Å². The molecule has 0 aliphatic heterocycles. The number of aromatic nitrogens is 1. The van der Waals surface area contributed by atoms with E-state index in [2.05, 4.69) is 0 Å². The van der Waals surface area contributed by atoms with Gasteiger partial charge < -0.3 is 9.84 Å². The van der Waals surface area contributed by atoms with Crippen LogP contribution in [-0.2, 0) is 7.05 Å². The van der Waals surface area contributed by atoms with Crippen molar-refractivity contribution >= 4 is 17.4 Å². The van der Waals surface area contributed by atoms with Crippen molar-refractivity contribution in [3.63, 3.8) is 0 Å². The summed E-state index contributed by atoms with van der Waals surface area (Å²) in [4.78, 5) is 24.2. The molecule has 0 saturated carbocycles. The number of ketones is 1. The van der Waals surface area contributed by atoms with Crippen LogP contribution in [-0.4, -0.2) is 22.1 Å². The summed E-state index contributed by atoms with van der Waals surface area (Å²) in [5.74, 6) is -0.594. The van der Waals surface area contributed by atoms with Gasteiger partial charge in [-0.15, -0.1) is 0 Å². The third kappa shape index (κ3) is 3.20. The van der Waals surface area contributed by atoms with E-state index in [4.69, 9.17) is 21.6 Å². The first-order valence-corrected chi connectivity index (χ1v) is 6.98. The van der Waals surface area contributed by atoms with Crippen molar-refractivity contribution in [2.45, 2.75) is 6.92 Å². The van der Waals surface area contributed by atoms with Gasteiger partial charge in [-0.3, -0.25) is 14.2 Å². The number of Topliss-reactive ketones (excluding diaryl/α,β-unsaturated/α-hetero) is 1. The number of aromatic hydroxyl groups is 1. The number of carbonyl (C=O) groups excluding carboxylic acids is 1. The van der Waals surface area contributed by atoms with E-state index in [-0.39, 0.29) is 23.3 Å². The van der Waals surface area contributed by atoms with Gasteiger partial charge >= 0.3 is 0 Å². The molecule has 118 valence electrons. The maximum absolute atomic E-state index is 12.3. The number of nitrogens with zero attached hydrogens (tertiary/aromatic N) is 2. The van der Waals surface area contributed by atoms with Gasteiger partial charge in [0, 0.05) is 12.1 Å². The number of pyridine rings is 1. The minimum atomic E-state index is -0.655. The number of rotatable bonds is 4. The average molecular weight is 333 g/mol. The molecule has 0 amide bonds. The van der Waals surface area contributed by atoms with Gasteiger partial charge in [0.15, 0.2) is 6.61 Å². The molecule has 0 unspecified atom stereocenters. The Morgan fingerprint density at radius 2 is 2.00 bits per heavy atom. The van der Waals surface area contributed by atoms with Crippen molar-refractivity contribution in [1.82, 2.24) is 4.57 Å². The van der Waals surface area contributed by atoms with E-state index in [0.717, 1.165) is 4.57 Å². The van der Waals surface area contributed by atoms with Gasteiger partial charge in [-0.05, 0) is 36.8 Å². The summed E-state index contributed by atoms with van der Waals surface area (Å²) in [5, 5.41) is 19.6. The molecular weight excluding hydrogens is 320 g/mol. The van der Waals surface area contributed by atoms with Gasteiger partial charge in [-0.25, -0.2) is 0 Å². The Bertz CT molecular complexity index is 864. The van der Waals surface area contributed by atoms with Gasteiger partial charge in [0.25, 0.3) is 5.56 Å². The van der Waals surface area contributed by atoms with Crippen molar-refractivity contribution in [2.75, 3.05) is 6.61 Å². The smallest absolute Gasteiger partial charge is 0.271 e. The molecule has 0 aliphatic carbocycles. The monoisotopic (exact) mass is 332 g/mol. The molecule has 0 saturated heterocycles. The Hall–Kier alpha value is -2.78. The van der Waals surface area contributed by atoms with Crippen LogP contribution in [0.1, 0.15) is 21.5 Å². The second-order valence-corrected chi connectivity index (χ2v) is 5.28. The molecule has 2 aromatic rings. The molecule has 0 bridgehead atoms. The molecule has 0 aliphatic rings. The second-order valence-electron chi connectivity index (χ2n) is 4.84. The lowest BCUT2D eigenvalue weighted by molar-refractivity contribution is 0.0916. The van der Waals surface area contributed by atoms with Crippen molar-refractivity contribution < 1.29 is 14.6 Å². The lowest BCUT2D eigenvalue weighted by atomic mass is 10.0. The van der Waals surface area contributed by atoms with Gasteiger partial charge in [0.05, 0.1) is 5.56 Å². The number of hydrogen-bond donors (Lipinski definition) is 1. The Morgan fingerprint density at radius 3 is 2.57 bits per heavy atom. The van der Waals surface area contributed by atoms with E-state index in [9.17, 15) is 14.7 Å². The van der Waals surface area contributed by atoms with Crippen molar-refractivity contribution in [1.29, 1.82) is 5.26 Å². The molecule has 7 heteroatoms. The fourth-order valence-corrected chi connectivity index (χ4v) is 2.23. The largest absolute Gasteiger partial charge is 0.494 e. The number of ether oxygens (including phenoxy) is 1. The van der Waals surface area contributed by atoms with E-state index in [1.54, 1.807) is 30.3 Å². The third-order valence-corrected chi connectivity index (χ3v) is 3.64. The number of hydrogen-bond acceptors (Lipinski definition) is 5. The Kier molecular flexibility index (Phi) is 4.72. The average Bonchev–Trinajstić information content (AvgIpc) is 2.53. The highest BCUT2D eigenvalue weighted by Gasteiger charge is 2.22. The van der Waals surface area contributed by atoms with Gasteiger partial charge in [0.2, 0.25) is 11.7 Å². The van der Waals surface area contributed by atoms with E-state index < -0.39 is 17.2 Å². The lowest BCUT2D eigenvalue weighted by Gasteiger charge is -2.13. The summed E-state index contributed by atoms with van der Waals surface area (Å²) in [6, 6.07) is 8.19. The standard InChI is InChI=1S/C16H13ClN2O4/c1-9-12(7-18)15(21)19(2)16(22)14(9)13(20)8-23-11-5-3-10(17)4-6-11/h3-6,22H,8H2,1-2H3. The van der Waals surface area contributed by atoms with Crippen LogP contribution in [0.25, 0.3) is 0 Å². The Morgan fingerprint density at radius 1 is 1.39 bits per heavy atom. The van der Waals surface area contributed by atoms with Crippen LogP contribution in [0.15, 0.2) is 29.1 Å². The molecule has 0 radical (unpaired) electrons. The molecule has 2 rings (SSSR count). The van der Waals surface area contributed by atoms with Crippen LogP contribution in [0, 0.1) is 18.3 Å². The molecular formula is C16H13ClN2O4. The van der Waals surface area contributed by atoms with Crippen molar-refractivity contribution in [3.8, 4) is 17.7 Å². The zero-order chi connectivity index (χ0) is 17.1. The third-order valence-electron chi connectivity index (χ3n) is 3.38. The van der Waals surface area contributed by atoms with E-state index in [1.807, 2.05) is 0 Å². The summed E-state index contributed by atoms with van der Waals surface area (Å²) in [5.41, 5.74) is -0.798. The highest BCUT2D eigenvalue weighted by Crippen LogP contribution is 2.22. The van der Waals surface area contributed by atoms with E-state index in [0.29, 0.717) is 10.8 Å². The zero-order valence-corrected chi connectivity index (χ0v) is 13.2. The predicted molar refractivity (Wildman–Crippen MR) is 84.1 cm³/mol. The van der Waals surface area contributed by atoms with E-state index >= 15 is 0 Å². The number of benzene rings is 1. The van der Waals surface area contributed by atoms with Crippen LogP contribution in [0.5, 0.6) is 11.6 Å². The number of carbonyl (C=O) groups is 1. The summed E-state index contributed by atoms with van der Waals surface area (Å²) < 4.78 is 6.20. The Labute approximate surface area is 137 Å². The van der Waals surface area contributed by atoms with Crippen LogP contribution >= 0.6 is 11.6 Å². The topological polar surface area (TPSA) is 92.3 Å². The lowest BCUT2D eigenvalue weighted by Crippen LogP contribution is -2.25. The summed E-state index contributed by atoms with van der Waals surface area (Å²) in [7, 11) is 1.29. The summed E-state index contributed by atoms with van der Waals surface area (Å²) in [6.07, 6.45) is 0. The molecule has 0 fully saturated rings. The molecule has 0 atom stereocenters. The van der Waals surface area contributed by atoms with Gasteiger partial charge in [-0.2, -0.15) is 5.26 Å². The number of halogens is 1. The Balaban J connectivity index is 2.33. The number of nitriles is 1. The van der Waals surface area contributed by atoms with Crippen molar-refractivity contribution in [2.24, 2.45) is 7.05 Å². The first-order chi connectivity index (χ1) is 10.9. The maximum Gasteiger partial charge on any atom is 0.271 e. The minimum absolute atomic E-state index is 0.0994. The summed E-state index contributed by atoms with van der Waals surface area (Å²) >= 11 is 5.76. The molecule has 1 aromatic heterocycles. The molecule has 1 N–H and O–H groups in total. The first kappa shape index (κ1) is 16.6. The van der Waals surface area contributed by atoms with Gasteiger partial charge in [-0.1, -0.05) is 11.6 Å². The van der Waals surface area contributed by atoms with Gasteiger partial charge in [0.1, 0.15) is 17.4 Å². The second kappa shape index (κ2) is 6.55. The minimum Gasteiger partial charge on any atom is -0.494 e. The van der Waals surface area contributed by atoms with Crippen LogP contribution in [0.4, 0.5) is 0 Å². The zero-order valence-electron chi connectivity index (χ0n) is 12.5. The normalized spacial score (nSPS) is 10.2. The first-order valence-electron chi connectivity index (χ1n) is 6.61. The maximum atomic E-state index is 12.3. The highest BCUT2D eigenvalue weighted by atomic mass is 35.5. The molecule has 6 nitrogen and oxygen atoms in total. The highest BCUT2D eigenvalue weighted by molar-refractivity contribution is 6.30. The quantitative estimate of drug-likeness (QED) is 0.866. The molecule has 1 aromatic carbocycles. The molecule has 1 heterocycles. The van der Waals surface area contributed by atoms with Crippen LogP contribution in [0.3, 0.4) is 0 Å². The summed E-state index contributed by atoms with van der Waals surface area (Å²) in [6.45, 7) is 1.09. The predicted octanol–water partition coefficient (Wildman–Crippen LogP) is 2.19. The van der Waals surface area contributed by atoms with Crippen LogP contribution in [0.2, 0.25) is 5.02 Å². The van der Waals surface area contributed by atoms with E-state index in [1.165, 1.54) is 14.0 Å². The SMILES string of the molecule is Cc1c(C(=O)COc2ccc(Cl)cc2)c(O)n(C)c(=O)c1C#N. The van der Waals surface area contributed by atoms with Crippen molar-refractivity contribution in [3.05, 3.63) is 56.3 Å². The fourth-order valence-electron chi connectivity index (χ4n) is 2.10. The fraction of sp³-hybridized carbons (Fsp3) is 0.188. The molecule has 0 spiro atoms. The molecule has 23 heavy (non-hydrogen) atoms.